The number of ether oxygens (including phenoxy) is 1. The summed E-state index contributed by atoms with van der Waals surface area (Å²) in [6.07, 6.45) is 2.65. The highest BCUT2D eigenvalue weighted by molar-refractivity contribution is 5.95. The van der Waals surface area contributed by atoms with Gasteiger partial charge in [0.05, 0.1) is 18.2 Å². The third-order valence-corrected chi connectivity index (χ3v) is 6.97. The number of likely N-dealkylation sites (tertiary alicyclic amines) is 1. The van der Waals surface area contributed by atoms with Gasteiger partial charge in [-0.15, -0.1) is 0 Å². The first kappa shape index (κ1) is 24.4. The van der Waals surface area contributed by atoms with E-state index in [2.05, 4.69) is 21.5 Å². The molecule has 0 saturated carbocycles. The van der Waals surface area contributed by atoms with Crippen molar-refractivity contribution >= 4 is 17.8 Å². The van der Waals surface area contributed by atoms with Gasteiger partial charge in [0.15, 0.2) is 0 Å². The topological polar surface area (TPSA) is 119 Å². The number of pyridine rings is 1. The highest BCUT2D eigenvalue weighted by Crippen LogP contribution is 2.36. The molecule has 0 spiro atoms. The first-order valence-corrected chi connectivity index (χ1v) is 12.1. The molecule has 2 aliphatic heterocycles. The minimum Gasteiger partial charge on any atom is -0.496 e. The lowest BCUT2D eigenvalue weighted by atomic mass is 9.83. The molecule has 2 bridgehead atoms. The number of piperidine rings is 1. The fraction of sp³-hybridized carbons (Fsp3) is 0.296. The predicted molar refractivity (Wildman–Crippen MR) is 138 cm³/mol. The van der Waals surface area contributed by atoms with E-state index in [0.29, 0.717) is 18.4 Å². The first-order chi connectivity index (χ1) is 17.9. The number of nitrogens with zero attached hydrogens (tertiary/aromatic N) is 4. The number of hydrazone groups is 1. The van der Waals surface area contributed by atoms with Crippen molar-refractivity contribution in [1.82, 2.24) is 14.9 Å². The van der Waals surface area contributed by atoms with Crippen LogP contribution < -0.4 is 15.7 Å². The highest BCUT2D eigenvalue weighted by atomic mass is 16.6. The minimum absolute atomic E-state index is 0.0787. The summed E-state index contributed by atoms with van der Waals surface area (Å²) in [5, 5.41) is 14.8. The normalized spacial score (nSPS) is 18.8. The third-order valence-electron chi connectivity index (χ3n) is 6.97. The van der Waals surface area contributed by atoms with Crippen LogP contribution in [-0.4, -0.2) is 46.7 Å². The van der Waals surface area contributed by atoms with Crippen LogP contribution in [0.4, 0.5) is 5.69 Å². The first-order valence-electron chi connectivity index (χ1n) is 12.1. The smallest absolute Gasteiger partial charge is 0.271 e. The van der Waals surface area contributed by atoms with Crippen molar-refractivity contribution < 1.29 is 14.5 Å². The van der Waals surface area contributed by atoms with Gasteiger partial charge in [-0.2, -0.15) is 5.10 Å². The average molecular weight is 502 g/mol. The summed E-state index contributed by atoms with van der Waals surface area (Å²) in [5.41, 5.74) is 5.66. The molecular weight excluding hydrogens is 474 g/mol. The summed E-state index contributed by atoms with van der Waals surface area (Å²) in [6, 6.07) is 16.6. The maximum atomic E-state index is 12.3. The molecule has 10 heteroatoms. The van der Waals surface area contributed by atoms with E-state index >= 15 is 0 Å². The second-order valence-corrected chi connectivity index (χ2v) is 9.47. The number of amides is 1. The van der Waals surface area contributed by atoms with Gasteiger partial charge >= 0.3 is 0 Å². The number of carbonyl (C=O) groups is 1. The molecule has 3 aromatic rings. The van der Waals surface area contributed by atoms with Gasteiger partial charge in [-0.1, -0.05) is 6.07 Å². The van der Waals surface area contributed by atoms with Gasteiger partial charge in [-0.25, -0.2) is 5.43 Å². The summed E-state index contributed by atoms with van der Waals surface area (Å²) >= 11 is 0. The Labute approximate surface area is 213 Å². The minimum atomic E-state index is -0.516. The number of nitro groups is 1. The Bertz CT molecular complexity index is 1420. The average Bonchev–Trinajstić information content (AvgIpc) is 2.89. The lowest BCUT2D eigenvalue weighted by Crippen LogP contribution is -2.46. The molecule has 0 aliphatic carbocycles. The van der Waals surface area contributed by atoms with E-state index in [9.17, 15) is 19.7 Å². The molecule has 5 rings (SSSR count). The SMILES string of the molecule is COc1ccc(/C=N\NC(=O)c2ccc([N+](=O)[O-])cc2)cc1CN1C[C@@H]2C[C@H](C1)c1cccc(=O)n1C2. The van der Waals surface area contributed by atoms with Gasteiger partial charge in [0.2, 0.25) is 0 Å². The van der Waals surface area contributed by atoms with Crippen LogP contribution in [0.5, 0.6) is 5.75 Å². The molecule has 1 N–H and O–H groups in total. The Balaban J connectivity index is 1.26. The Morgan fingerprint density at radius 1 is 1.16 bits per heavy atom. The Morgan fingerprint density at radius 2 is 1.97 bits per heavy atom. The maximum Gasteiger partial charge on any atom is 0.271 e. The number of nitro benzene ring substituents is 1. The summed E-state index contributed by atoms with van der Waals surface area (Å²) in [4.78, 5) is 37.3. The number of benzene rings is 2. The molecule has 2 atom stereocenters. The molecular formula is C27H27N5O5. The zero-order chi connectivity index (χ0) is 25.9. The Morgan fingerprint density at radius 3 is 2.73 bits per heavy atom. The molecule has 2 aliphatic rings. The zero-order valence-electron chi connectivity index (χ0n) is 20.4. The molecule has 1 fully saturated rings. The highest BCUT2D eigenvalue weighted by Gasteiger charge is 2.34. The van der Waals surface area contributed by atoms with Crippen LogP contribution in [0.1, 0.15) is 39.5 Å². The van der Waals surface area contributed by atoms with E-state index in [0.717, 1.165) is 48.6 Å². The zero-order valence-corrected chi connectivity index (χ0v) is 20.4. The number of aromatic nitrogens is 1. The fourth-order valence-electron chi connectivity index (χ4n) is 5.33. The van der Waals surface area contributed by atoms with E-state index in [1.165, 1.54) is 24.3 Å². The fourth-order valence-corrected chi connectivity index (χ4v) is 5.33. The molecule has 3 heterocycles. The van der Waals surface area contributed by atoms with E-state index in [-0.39, 0.29) is 16.8 Å². The van der Waals surface area contributed by atoms with Gasteiger partial charge in [-0.3, -0.25) is 24.6 Å². The molecule has 10 nitrogen and oxygen atoms in total. The number of nitrogens with one attached hydrogen (secondary N) is 1. The van der Waals surface area contributed by atoms with Crippen LogP contribution in [-0.2, 0) is 13.1 Å². The number of rotatable bonds is 7. The standard InChI is InChI=1S/C27H27N5O5/c1-37-25-10-5-18(13-28-29-27(34)20-6-8-23(9-7-20)32(35)36)11-22(25)17-30-14-19-12-21(16-30)24-3-2-4-26(33)31(24)15-19/h2-11,13,19,21H,12,14-17H2,1H3,(H,29,34)/b28-13-/t19-,21+/m0/s1. The van der Waals surface area contributed by atoms with Crippen LogP contribution in [0.3, 0.4) is 0 Å². The van der Waals surface area contributed by atoms with Crippen molar-refractivity contribution in [1.29, 1.82) is 0 Å². The molecule has 0 radical (unpaired) electrons. The molecule has 190 valence electrons. The van der Waals surface area contributed by atoms with Gasteiger partial charge in [0.1, 0.15) is 5.75 Å². The molecule has 1 amide bonds. The number of hydrogen-bond acceptors (Lipinski definition) is 7. The Hall–Kier alpha value is -4.31. The van der Waals surface area contributed by atoms with E-state index in [1.54, 1.807) is 19.4 Å². The third kappa shape index (κ3) is 5.29. The van der Waals surface area contributed by atoms with Gasteiger partial charge < -0.3 is 9.30 Å². The van der Waals surface area contributed by atoms with Crippen LogP contribution in [0.15, 0.2) is 70.6 Å². The Kier molecular flexibility index (Phi) is 6.82. The van der Waals surface area contributed by atoms with Crippen molar-refractivity contribution in [3.8, 4) is 5.75 Å². The molecule has 1 saturated heterocycles. The van der Waals surface area contributed by atoms with Crippen LogP contribution in [0.2, 0.25) is 0 Å². The summed E-state index contributed by atoms with van der Waals surface area (Å²) in [7, 11) is 1.64. The molecule has 37 heavy (non-hydrogen) atoms. The monoisotopic (exact) mass is 501 g/mol. The van der Waals surface area contributed by atoms with E-state index < -0.39 is 10.8 Å². The summed E-state index contributed by atoms with van der Waals surface area (Å²) in [6.45, 7) is 3.22. The second-order valence-electron chi connectivity index (χ2n) is 9.47. The van der Waals surface area contributed by atoms with Gasteiger partial charge in [0.25, 0.3) is 17.2 Å². The number of fused-ring (bicyclic) bond motifs is 4. The number of carbonyl (C=O) groups excluding carboxylic acids is 1. The molecule has 1 aromatic heterocycles. The number of hydrogen-bond donors (Lipinski definition) is 1. The molecule has 0 unspecified atom stereocenters. The maximum absolute atomic E-state index is 12.3. The molecule has 2 aromatic carbocycles. The summed E-state index contributed by atoms with van der Waals surface area (Å²) in [5.74, 6) is 1.07. The van der Waals surface area contributed by atoms with Crippen molar-refractivity contribution in [3.05, 3.63) is 104 Å². The van der Waals surface area contributed by atoms with Gasteiger partial charge in [-0.05, 0) is 54.3 Å². The second kappa shape index (κ2) is 10.4. The van der Waals surface area contributed by atoms with E-state index in [4.69, 9.17) is 4.74 Å². The van der Waals surface area contributed by atoms with Gasteiger partial charge in [0, 0.05) is 67.1 Å². The quantitative estimate of drug-likeness (QED) is 0.302. The summed E-state index contributed by atoms with van der Waals surface area (Å²) < 4.78 is 7.53. The van der Waals surface area contributed by atoms with Crippen molar-refractivity contribution in [3.63, 3.8) is 0 Å². The number of methoxy groups -OCH3 is 1. The van der Waals surface area contributed by atoms with Crippen molar-refractivity contribution in [2.45, 2.75) is 25.4 Å². The van der Waals surface area contributed by atoms with Crippen LogP contribution in [0, 0.1) is 16.0 Å². The lowest BCUT2D eigenvalue weighted by molar-refractivity contribution is -0.384. The number of non-ortho nitro benzene ring substituents is 1. The van der Waals surface area contributed by atoms with Crippen LogP contribution in [0.25, 0.3) is 0 Å². The lowest BCUT2D eigenvalue weighted by Gasteiger charge is -2.42. The van der Waals surface area contributed by atoms with Crippen molar-refractivity contribution in [2.75, 3.05) is 20.2 Å². The van der Waals surface area contributed by atoms with Crippen LogP contribution >= 0.6 is 0 Å². The van der Waals surface area contributed by atoms with E-state index in [1.807, 2.05) is 28.8 Å². The van der Waals surface area contributed by atoms with Crippen molar-refractivity contribution in [2.24, 2.45) is 11.0 Å². The largest absolute Gasteiger partial charge is 0.496 e. The predicted octanol–water partition coefficient (Wildman–Crippen LogP) is 3.15.